The number of nitrogens with one attached hydrogen (secondary N) is 1. The van der Waals surface area contributed by atoms with Crippen LogP contribution in [-0.2, 0) is 0 Å². The van der Waals surface area contributed by atoms with E-state index in [0.29, 0.717) is 30.6 Å². The van der Waals surface area contributed by atoms with Crippen LogP contribution in [0.25, 0.3) is 0 Å². The lowest BCUT2D eigenvalue weighted by molar-refractivity contribution is -0.0220. The van der Waals surface area contributed by atoms with Crippen molar-refractivity contribution in [2.75, 3.05) is 36.0 Å². The summed E-state index contributed by atoms with van der Waals surface area (Å²) in [5, 5.41) is 3.68. The topological polar surface area (TPSA) is 18.5 Å². The molecule has 4 heterocycles. The maximum atomic E-state index is 13.4. The monoisotopic (exact) mass is 349 g/mol. The SMILES string of the molecule is CC1(C)CC2CN(c3ccc(N4CCC(F)(F)CC4)cc3)[C@@H]1CCN2. The first-order valence-corrected chi connectivity index (χ1v) is 9.57. The fourth-order valence-electron chi connectivity index (χ4n) is 4.96. The van der Waals surface area contributed by atoms with E-state index in [-0.39, 0.29) is 12.8 Å². The highest BCUT2D eigenvalue weighted by molar-refractivity contribution is 5.58. The Hall–Kier alpha value is -1.36. The third-order valence-corrected chi connectivity index (χ3v) is 6.36. The van der Waals surface area contributed by atoms with Crippen LogP contribution < -0.4 is 15.1 Å². The molecule has 5 rings (SSSR count). The van der Waals surface area contributed by atoms with E-state index in [2.05, 4.69) is 53.2 Å². The van der Waals surface area contributed by atoms with Crippen molar-refractivity contribution in [3.8, 4) is 0 Å². The number of hydrogen-bond acceptors (Lipinski definition) is 3. The molecule has 4 saturated heterocycles. The molecular formula is C20H29F2N3. The number of piperidine rings is 2. The van der Waals surface area contributed by atoms with Crippen molar-refractivity contribution in [1.29, 1.82) is 0 Å². The molecule has 0 amide bonds. The summed E-state index contributed by atoms with van der Waals surface area (Å²) >= 11 is 0. The number of nitrogens with zero attached hydrogens (tertiary/aromatic N) is 2. The van der Waals surface area contributed by atoms with Crippen LogP contribution in [0.4, 0.5) is 20.2 Å². The molecule has 0 spiro atoms. The molecule has 0 radical (unpaired) electrons. The summed E-state index contributed by atoms with van der Waals surface area (Å²) in [6, 6.07) is 9.68. The third kappa shape index (κ3) is 3.35. The van der Waals surface area contributed by atoms with Crippen molar-refractivity contribution in [1.82, 2.24) is 5.32 Å². The Kier molecular flexibility index (Phi) is 4.18. The molecule has 4 aliphatic rings. The van der Waals surface area contributed by atoms with Gasteiger partial charge in [0, 0.05) is 55.9 Å². The van der Waals surface area contributed by atoms with Gasteiger partial charge in [0.25, 0.3) is 5.92 Å². The molecule has 1 N–H and O–H groups in total. The van der Waals surface area contributed by atoms with E-state index in [9.17, 15) is 8.78 Å². The second kappa shape index (κ2) is 6.11. The molecule has 4 fully saturated rings. The van der Waals surface area contributed by atoms with E-state index in [1.165, 1.54) is 18.5 Å². The van der Waals surface area contributed by atoms with Gasteiger partial charge in [-0.15, -0.1) is 0 Å². The average molecular weight is 349 g/mol. The van der Waals surface area contributed by atoms with E-state index in [1.807, 2.05) is 0 Å². The van der Waals surface area contributed by atoms with Crippen molar-refractivity contribution in [2.45, 2.75) is 57.5 Å². The predicted molar refractivity (Wildman–Crippen MR) is 98.8 cm³/mol. The van der Waals surface area contributed by atoms with Crippen LogP contribution in [0, 0.1) is 5.41 Å². The fraction of sp³-hybridized carbons (Fsp3) is 0.700. The first kappa shape index (κ1) is 17.1. The fourth-order valence-corrected chi connectivity index (χ4v) is 4.96. The van der Waals surface area contributed by atoms with E-state index in [1.54, 1.807) is 0 Å². The molecule has 0 aliphatic carbocycles. The summed E-state index contributed by atoms with van der Waals surface area (Å²) in [4.78, 5) is 4.64. The molecular weight excluding hydrogens is 320 g/mol. The van der Waals surface area contributed by atoms with Crippen LogP contribution in [-0.4, -0.2) is 44.2 Å². The van der Waals surface area contributed by atoms with Gasteiger partial charge in [0.15, 0.2) is 0 Å². The maximum absolute atomic E-state index is 13.4. The van der Waals surface area contributed by atoms with Gasteiger partial charge in [-0.1, -0.05) is 13.8 Å². The van der Waals surface area contributed by atoms with Crippen LogP contribution in [0.3, 0.4) is 0 Å². The summed E-state index contributed by atoms with van der Waals surface area (Å²) in [6.45, 7) is 7.80. The van der Waals surface area contributed by atoms with E-state index < -0.39 is 5.92 Å². The van der Waals surface area contributed by atoms with Crippen molar-refractivity contribution in [3.05, 3.63) is 24.3 Å². The molecule has 25 heavy (non-hydrogen) atoms. The van der Waals surface area contributed by atoms with Gasteiger partial charge < -0.3 is 15.1 Å². The number of fused-ring (bicyclic) bond motifs is 4. The number of anilines is 2. The van der Waals surface area contributed by atoms with Crippen LogP contribution in [0.2, 0.25) is 0 Å². The first-order chi connectivity index (χ1) is 11.8. The Morgan fingerprint density at radius 1 is 1.04 bits per heavy atom. The summed E-state index contributed by atoms with van der Waals surface area (Å²) in [5.74, 6) is -2.49. The van der Waals surface area contributed by atoms with Crippen LogP contribution >= 0.6 is 0 Å². The Morgan fingerprint density at radius 2 is 1.68 bits per heavy atom. The average Bonchev–Trinajstić information content (AvgIpc) is 2.85. The van der Waals surface area contributed by atoms with E-state index >= 15 is 0 Å². The quantitative estimate of drug-likeness (QED) is 0.874. The zero-order valence-corrected chi connectivity index (χ0v) is 15.3. The van der Waals surface area contributed by atoms with Gasteiger partial charge in [0.1, 0.15) is 0 Å². The zero-order valence-electron chi connectivity index (χ0n) is 15.3. The lowest BCUT2D eigenvalue weighted by Gasteiger charge is -2.48. The summed E-state index contributed by atoms with van der Waals surface area (Å²) in [6.07, 6.45) is 2.33. The third-order valence-electron chi connectivity index (χ3n) is 6.36. The number of alkyl halides is 2. The summed E-state index contributed by atoms with van der Waals surface area (Å²) in [7, 11) is 0. The molecule has 2 atom stereocenters. The second-order valence-electron chi connectivity index (χ2n) is 8.66. The highest BCUT2D eigenvalue weighted by atomic mass is 19.3. The summed E-state index contributed by atoms with van der Waals surface area (Å²) < 4.78 is 26.7. The van der Waals surface area contributed by atoms with Gasteiger partial charge in [-0.3, -0.25) is 0 Å². The molecule has 5 heteroatoms. The molecule has 3 nitrogen and oxygen atoms in total. The molecule has 2 bridgehead atoms. The van der Waals surface area contributed by atoms with E-state index in [0.717, 1.165) is 18.8 Å². The Bertz CT molecular complexity index is 604. The van der Waals surface area contributed by atoms with Crippen molar-refractivity contribution < 1.29 is 8.78 Å². The minimum Gasteiger partial charge on any atom is -0.371 e. The lowest BCUT2D eigenvalue weighted by Crippen LogP contribution is -2.54. The van der Waals surface area contributed by atoms with Gasteiger partial charge in [0.05, 0.1) is 0 Å². The highest BCUT2D eigenvalue weighted by Gasteiger charge is 2.43. The van der Waals surface area contributed by atoms with Crippen molar-refractivity contribution in [2.24, 2.45) is 5.41 Å². The lowest BCUT2D eigenvalue weighted by atomic mass is 9.74. The minimum absolute atomic E-state index is 0.0372. The Morgan fingerprint density at radius 3 is 2.36 bits per heavy atom. The molecule has 1 aromatic rings. The first-order valence-electron chi connectivity index (χ1n) is 9.57. The van der Waals surface area contributed by atoms with Gasteiger partial charge in [0.2, 0.25) is 0 Å². The molecule has 138 valence electrons. The van der Waals surface area contributed by atoms with Gasteiger partial charge in [-0.2, -0.15) is 0 Å². The van der Waals surface area contributed by atoms with Crippen LogP contribution in [0.5, 0.6) is 0 Å². The minimum atomic E-state index is -2.49. The molecule has 1 aromatic carbocycles. The van der Waals surface area contributed by atoms with E-state index in [4.69, 9.17) is 0 Å². The number of benzene rings is 1. The molecule has 0 saturated carbocycles. The van der Waals surface area contributed by atoms with Crippen molar-refractivity contribution >= 4 is 11.4 Å². The molecule has 1 unspecified atom stereocenters. The smallest absolute Gasteiger partial charge is 0.251 e. The zero-order chi connectivity index (χ0) is 17.7. The Balaban J connectivity index is 1.51. The number of rotatable bonds is 2. The molecule has 4 aliphatic heterocycles. The summed E-state index contributed by atoms with van der Waals surface area (Å²) in [5.41, 5.74) is 2.64. The Labute approximate surface area is 149 Å². The van der Waals surface area contributed by atoms with Crippen LogP contribution in [0.15, 0.2) is 24.3 Å². The van der Waals surface area contributed by atoms with Crippen molar-refractivity contribution in [3.63, 3.8) is 0 Å². The molecule has 0 aromatic heterocycles. The predicted octanol–water partition coefficient (Wildman–Crippen LogP) is 3.89. The number of hydrogen-bond donors (Lipinski definition) is 1. The number of halogens is 2. The second-order valence-corrected chi connectivity index (χ2v) is 8.66. The van der Waals surface area contributed by atoms with Gasteiger partial charge in [-0.25, -0.2) is 8.78 Å². The van der Waals surface area contributed by atoms with Crippen LogP contribution in [0.1, 0.15) is 39.5 Å². The maximum Gasteiger partial charge on any atom is 0.251 e. The largest absolute Gasteiger partial charge is 0.371 e. The van der Waals surface area contributed by atoms with Gasteiger partial charge in [-0.05, 0) is 49.1 Å². The highest BCUT2D eigenvalue weighted by Crippen LogP contribution is 2.41. The normalized spacial score (nSPS) is 31.0. The standard InChI is InChI=1S/C20H29F2N3/c1-19(2)13-15-14-25(18(19)7-10-23-15)17-5-3-16(4-6-17)24-11-8-20(21,22)9-12-24/h3-6,15,18,23H,7-14H2,1-2H3/t15?,18-/m1/s1. The van der Waals surface area contributed by atoms with Gasteiger partial charge >= 0.3 is 0 Å².